The van der Waals surface area contributed by atoms with E-state index in [0.29, 0.717) is 0 Å². The highest BCUT2D eigenvalue weighted by molar-refractivity contribution is 6.10. The summed E-state index contributed by atoms with van der Waals surface area (Å²) in [4.78, 5) is 47.7. The van der Waals surface area contributed by atoms with Crippen LogP contribution in [0.15, 0.2) is 29.8 Å². The number of nitro benzene ring substituents is 1. The molecule has 0 spiro atoms. The van der Waals surface area contributed by atoms with Crippen LogP contribution in [0.2, 0.25) is 0 Å². The molecule has 0 heterocycles. The van der Waals surface area contributed by atoms with Gasteiger partial charge in [-0.1, -0.05) is 20.8 Å². The molecule has 0 atom stereocenters. The van der Waals surface area contributed by atoms with Gasteiger partial charge in [0.25, 0.3) is 5.69 Å². The quantitative estimate of drug-likeness (QED) is 0.190. The Morgan fingerprint density at radius 2 is 1.72 bits per heavy atom. The summed E-state index contributed by atoms with van der Waals surface area (Å²) in [6.45, 7) is 9.67. The van der Waals surface area contributed by atoms with Crippen LogP contribution in [0.1, 0.15) is 62.3 Å². The fraction of sp³-hybridized carbons (Fsp3) is 0.450. The summed E-state index contributed by atoms with van der Waals surface area (Å²) in [6, 6.07) is 3.40. The number of hydrogen-bond acceptors (Lipinski definition) is 8. The fourth-order valence-corrected chi connectivity index (χ4v) is 2.29. The first-order valence-electron chi connectivity index (χ1n) is 8.83. The Balaban J connectivity index is 3.39. The molecule has 158 valence electrons. The minimum Gasteiger partial charge on any atom is -0.456 e. The van der Waals surface area contributed by atoms with Crippen molar-refractivity contribution >= 4 is 23.4 Å². The monoisotopic (exact) mass is 406 g/mol. The van der Waals surface area contributed by atoms with Crippen LogP contribution in [0.4, 0.5) is 5.69 Å². The number of hydrogen-bond donors (Lipinski definition) is 1. The second-order valence-corrected chi connectivity index (χ2v) is 8.26. The van der Waals surface area contributed by atoms with Crippen LogP contribution in [0.5, 0.6) is 0 Å². The molecule has 0 aliphatic rings. The molecule has 0 aliphatic carbocycles. The van der Waals surface area contributed by atoms with Crippen molar-refractivity contribution in [3.05, 3.63) is 51.1 Å². The topological polar surface area (TPSA) is 139 Å². The number of nitrogens with zero attached hydrogens (tertiary/aromatic N) is 1. The molecule has 1 aromatic carbocycles. The van der Waals surface area contributed by atoms with E-state index in [9.17, 15) is 24.5 Å². The van der Waals surface area contributed by atoms with Crippen molar-refractivity contribution < 1.29 is 28.8 Å². The summed E-state index contributed by atoms with van der Waals surface area (Å²) in [7, 11) is 0. The molecule has 0 saturated carbocycles. The van der Waals surface area contributed by atoms with Gasteiger partial charge < -0.3 is 9.47 Å². The third-order valence-corrected chi connectivity index (χ3v) is 3.62. The summed E-state index contributed by atoms with van der Waals surface area (Å²) in [5.74, 6) is -2.28. The molecule has 2 N–H and O–H groups in total. The fourth-order valence-electron chi connectivity index (χ4n) is 2.29. The number of ketones is 1. The van der Waals surface area contributed by atoms with Crippen molar-refractivity contribution in [3.8, 4) is 0 Å². The lowest BCUT2D eigenvalue weighted by molar-refractivity contribution is -0.385. The van der Waals surface area contributed by atoms with Gasteiger partial charge in [-0.2, -0.15) is 0 Å². The number of rotatable bonds is 6. The van der Waals surface area contributed by atoms with E-state index < -0.39 is 39.3 Å². The highest BCUT2D eigenvalue weighted by atomic mass is 16.6. The maximum atomic E-state index is 12.6. The predicted molar refractivity (Wildman–Crippen MR) is 105 cm³/mol. The van der Waals surface area contributed by atoms with E-state index in [1.165, 1.54) is 6.07 Å². The Morgan fingerprint density at radius 3 is 2.17 bits per heavy atom. The van der Waals surface area contributed by atoms with E-state index in [-0.39, 0.29) is 23.4 Å². The van der Waals surface area contributed by atoms with Crippen LogP contribution in [-0.4, -0.2) is 35.0 Å². The van der Waals surface area contributed by atoms with Gasteiger partial charge in [0, 0.05) is 17.2 Å². The van der Waals surface area contributed by atoms with E-state index in [4.69, 9.17) is 15.2 Å². The van der Waals surface area contributed by atoms with Gasteiger partial charge in [0.15, 0.2) is 5.78 Å². The summed E-state index contributed by atoms with van der Waals surface area (Å²) in [6.07, 6.45) is 1.06. The largest absolute Gasteiger partial charge is 0.456 e. The van der Waals surface area contributed by atoms with E-state index in [2.05, 4.69) is 0 Å². The van der Waals surface area contributed by atoms with E-state index >= 15 is 0 Å². The van der Waals surface area contributed by atoms with Gasteiger partial charge in [-0.05, 0) is 44.4 Å². The van der Waals surface area contributed by atoms with Gasteiger partial charge in [-0.25, -0.2) is 9.59 Å². The van der Waals surface area contributed by atoms with Crippen molar-refractivity contribution in [2.24, 2.45) is 11.1 Å². The minimum atomic E-state index is -0.874. The zero-order chi connectivity index (χ0) is 22.6. The van der Waals surface area contributed by atoms with E-state index in [0.717, 1.165) is 18.2 Å². The summed E-state index contributed by atoms with van der Waals surface area (Å²) in [5.41, 5.74) is 2.80. The first-order valence-corrected chi connectivity index (χ1v) is 8.83. The molecule has 0 amide bonds. The van der Waals surface area contributed by atoms with Gasteiger partial charge in [0.1, 0.15) is 17.9 Å². The van der Waals surface area contributed by atoms with Crippen molar-refractivity contribution in [3.63, 3.8) is 0 Å². The predicted octanol–water partition coefficient (Wildman–Crippen LogP) is 3.16. The molecule has 0 aromatic heterocycles. The maximum absolute atomic E-state index is 12.6. The van der Waals surface area contributed by atoms with Gasteiger partial charge >= 0.3 is 11.9 Å². The van der Waals surface area contributed by atoms with Crippen molar-refractivity contribution in [2.75, 3.05) is 6.73 Å². The lowest BCUT2D eigenvalue weighted by Gasteiger charge is -2.21. The molecule has 0 saturated heterocycles. The van der Waals surface area contributed by atoms with E-state index in [1.807, 2.05) is 0 Å². The number of carbonyl (C=O) groups is 3. The first kappa shape index (κ1) is 24.0. The highest BCUT2D eigenvalue weighted by Crippen LogP contribution is 2.28. The van der Waals surface area contributed by atoms with Crippen LogP contribution >= 0.6 is 0 Å². The molecular weight excluding hydrogens is 380 g/mol. The van der Waals surface area contributed by atoms with Crippen LogP contribution < -0.4 is 5.73 Å². The summed E-state index contributed by atoms with van der Waals surface area (Å²) < 4.78 is 9.94. The molecule has 1 rings (SSSR count). The highest BCUT2D eigenvalue weighted by Gasteiger charge is 2.29. The van der Waals surface area contributed by atoms with Gasteiger partial charge in [-0.15, -0.1) is 0 Å². The Kier molecular flexibility index (Phi) is 7.40. The standard InChI is InChI=1S/C20H26N2O7/c1-19(2,3)14(18(25)28-11-21)10-16(23)12-7-8-13(15(9-12)22(26)27)17(24)29-20(4,5)6/h7-10H,11,21H2,1-6H3. The average Bonchev–Trinajstić information content (AvgIpc) is 2.56. The molecule has 9 heteroatoms. The van der Waals surface area contributed by atoms with Crippen LogP contribution in [0, 0.1) is 15.5 Å². The smallest absolute Gasteiger partial charge is 0.345 e. The van der Waals surface area contributed by atoms with E-state index in [1.54, 1.807) is 41.5 Å². The molecule has 0 bridgehead atoms. The van der Waals surface area contributed by atoms with Gasteiger partial charge in [-0.3, -0.25) is 20.6 Å². The van der Waals surface area contributed by atoms with Crippen LogP contribution in [0.3, 0.4) is 0 Å². The third kappa shape index (κ3) is 6.79. The number of benzene rings is 1. The lowest BCUT2D eigenvalue weighted by atomic mass is 9.85. The zero-order valence-electron chi connectivity index (χ0n) is 17.4. The number of nitro groups is 1. The molecule has 0 aliphatic heterocycles. The van der Waals surface area contributed by atoms with Crippen molar-refractivity contribution in [1.82, 2.24) is 0 Å². The van der Waals surface area contributed by atoms with Gasteiger partial charge in [0.05, 0.1) is 4.92 Å². The maximum Gasteiger partial charge on any atom is 0.345 e. The van der Waals surface area contributed by atoms with Crippen molar-refractivity contribution in [1.29, 1.82) is 0 Å². The number of ether oxygens (including phenoxy) is 2. The molecule has 0 fully saturated rings. The van der Waals surface area contributed by atoms with Gasteiger partial charge in [0.2, 0.25) is 0 Å². The second-order valence-electron chi connectivity index (χ2n) is 8.26. The molecule has 1 aromatic rings. The Bertz CT molecular complexity index is 859. The molecular formula is C20H26N2O7. The average molecular weight is 406 g/mol. The summed E-state index contributed by atoms with van der Waals surface area (Å²) in [5, 5.41) is 11.4. The minimum absolute atomic E-state index is 0.0619. The molecule has 0 unspecified atom stereocenters. The second kappa shape index (κ2) is 8.95. The first-order chi connectivity index (χ1) is 13.2. The van der Waals surface area contributed by atoms with Crippen LogP contribution in [0.25, 0.3) is 0 Å². The number of allylic oxidation sites excluding steroid dienone is 1. The number of carbonyl (C=O) groups excluding carboxylic acids is 3. The summed E-state index contributed by atoms with van der Waals surface area (Å²) >= 11 is 0. The van der Waals surface area contributed by atoms with Crippen LogP contribution in [-0.2, 0) is 14.3 Å². The Hall–Kier alpha value is -3.07. The molecule has 9 nitrogen and oxygen atoms in total. The SMILES string of the molecule is CC(C)(C)OC(=O)c1ccc(C(=O)C=C(C(=O)OCN)C(C)(C)C)cc1[N+](=O)[O-]. The number of nitrogens with two attached hydrogens (primary N) is 1. The molecule has 29 heavy (non-hydrogen) atoms. The number of esters is 2. The molecule has 0 radical (unpaired) electrons. The zero-order valence-corrected chi connectivity index (χ0v) is 17.4. The Morgan fingerprint density at radius 1 is 1.14 bits per heavy atom. The Labute approximate surface area is 169 Å². The van der Waals surface area contributed by atoms with Crippen molar-refractivity contribution in [2.45, 2.75) is 47.1 Å². The third-order valence-electron chi connectivity index (χ3n) is 3.62. The normalized spacial score (nSPS) is 12.3. The lowest BCUT2D eigenvalue weighted by Crippen LogP contribution is -2.24.